The van der Waals surface area contributed by atoms with E-state index >= 15 is 4.39 Å². The van der Waals surface area contributed by atoms with Crippen molar-refractivity contribution in [1.29, 1.82) is 5.26 Å². The highest BCUT2D eigenvalue weighted by molar-refractivity contribution is 9.10. The molecule has 9 heteroatoms. The molecule has 2 aromatic carbocycles. The Balaban J connectivity index is 1.71. The fraction of sp³-hybridized carbons (Fsp3) is 0.240. The number of carbonyl (C=O) groups is 1. The van der Waals surface area contributed by atoms with Crippen molar-refractivity contribution in [2.45, 2.75) is 37.3 Å². The molecule has 1 aliphatic heterocycles. The zero-order valence-corrected chi connectivity index (χ0v) is 20.1. The molecule has 0 spiro atoms. The molecule has 5 rings (SSSR count). The third-order valence-corrected chi connectivity index (χ3v) is 6.88. The van der Waals surface area contributed by atoms with E-state index in [-0.39, 0.29) is 23.8 Å². The number of fused-ring (bicyclic) bond motifs is 1. The molecule has 34 heavy (non-hydrogen) atoms. The summed E-state index contributed by atoms with van der Waals surface area (Å²) in [5, 5.41) is 19.4. The Labute approximate surface area is 208 Å². The normalized spacial score (nSPS) is 23.4. The molecule has 3 aromatic rings. The number of hydrogen-bond donors (Lipinski definition) is 1. The van der Waals surface area contributed by atoms with Gasteiger partial charge in [-0.25, -0.2) is 4.39 Å². The molecule has 1 aliphatic carbocycles. The number of carbonyl (C=O) groups excluding carboxylic acids is 1. The van der Waals surface area contributed by atoms with Gasteiger partial charge in [0, 0.05) is 21.3 Å². The van der Waals surface area contributed by atoms with Crippen LogP contribution in [0.2, 0.25) is 5.02 Å². The van der Waals surface area contributed by atoms with Crippen molar-refractivity contribution in [3.63, 3.8) is 0 Å². The van der Waals surface area contributed by atoms with Gasteiger partial charge in [-0.2, -0.15) is 5.26 Å². The van der Waals surface area contributed by atoms with E-state index in [4.69, 9.17) is 21.6 Å². The summed E-state index contributed by atoms with van der Waals surface area (Å²) < 4.78 is 22.6. The number of ether oxygens (including phenoxy) is 1. The van der Waals surface area contributed by atoms with Crippen molar-refractivity contribution in [3.05, 3.63) is 98.0 Å². The predicted molar refractivity (Wildman–Crippen MR) is 125 cm³/mol. The van der Waals surface area contributed by atoms with Gasteiger partial charge in [0.05, 0.1) is 41.1 Å². The van der Waals surface area contributed by atoms with Crippen molar-refractivity contribution in [3.8, 4) is 6.07 Å². The van der Waals surface area contributed by atoms with E-state index in [1.165, 1.54) is 17.2 Å². The van der Waals surface area contributed by atoms with E-state index in [1.54, 1.807) is 42.5 Å². The average molecular weight is 543 g/mol. The molecule has 0 saturated heterocycles. The number of aromatic nitrogens is 1. The Kier molecular flexibility index (Phi) is 5.90. The predicted octanol–water partition coefficient (Wildman–Crippen LogP) is 4.91. The summed E-state index contributed by atoms with van der Waals surface area (Å²) in [4.78, 5) is 19.5. The highest BCUT2D eigenvalue weighted by atomic mass is 79.9. The second kappa shape index (κ2) is 8.75. The molecule has 2 aliphatic rings. The molecule has 6 nitrogen and oxygen atoms in total. The lowest BCUT2D eigenvalue weighted by atomic mass is 9.88. The number of amides is 1. The fourth-order valence-corrected chi connectivity index (χ4v) is 5.04. The van der Waals surface area contributed by atoms with E-state index < -0.39 is 23.6 Å². The van der Waals surface area contributed by atoms with Gasteiger partial charge in [0.2, 0.25) is 5.72 Å². The Morgan fingerprint density at radius 1 is 1.26 bits per heavy atom. The first-order valence-corrected chi connectivity index (χ1v) is 11.8. The van der Waals surface area contributed by atoms with Crippen molar-refractivity contribution in [2.24, 2.45) is 0 Å². The van der Waals surface area contributed by atoms with Gasteiger partial charge in [-0.15, -0.1) is 0 Å². The molecule has 1 amide bonds. The second-order valence-electron chi connectivity index (χ2n) is 8.37. The molecule has 172 valence electrons. The number of nitriles is 1. The zero-order valence-electron chi connectivity index (χ0n) is 17.7. The molecule has 1 atom stereocenters. The summed E-state index contributed by atoms with van der Waals surface area (Å²) in [6.45, 7) is 0.00812. The summed E-state index contributed by atoms with van der Waals surface area (Å²) in [6.07, 6.45) is 1.28. The number of hydrogen-bond acceptors (Lipinski definition) is 5. The van der Waals surface area contributed by atoms with Crippen LogP contribution in [-0.2, 0) is 17.0 Å². The molecular weight excluding hydrogens is 525 g/mol. The van der Waals surface area contributed by atoms with Gasteiger partial charge in [0.1, 0.15) is 11.9 Å². The van der Waals surface area contributed by atoms with Crippen LogP contribution in [0, 0.1) is 17.1 Å². The maximum Gasteiger partial charge on any atom is 0.257 e. The summed E-state index contributed by atoms with van der Waals surface area (Å²) in [5.74, 6) is -1.01. The number of aliphatic hydroxyl groups excluding tert-OH is 1. The lowest BCUT2D eigenvalue weighted by Crippen LogP contribution is -2.51. The highest BCUT2D eigenvalue weighted by Gasteiger charge is 2.56. The Morgan fingerprint density at radius 2 is 2.00 bits per heavy atom. The van der Waals surface area contributed by atoms with Crippen LogP contribution < -0.4 is 0 Å². The van der Waals surface area contributed by atoms with Crippen LogP contribution >= 0.6 is 27.5 Å². The topological polar surface area (TPSA) is 86.5 Å². The minimum absolute atomic E-state index is 0.00812. The number of benzene rings is 2. The van der Waals surface area contributed by atoms with Crippen LogP contribution in [0.25, 0.3) is 0 Å². The van der Waals surface area contributed by atoms with Gasteiger partial charge < -0.3 is 9.84 Å². The standard InChI is InChI=1S/C25H18BrClFN3O3/c26-16-7-21-23(22(28)8-16)25(34-20-9-19(32)10-20,15-2-4-17(27)5-3-15)31(24(21)33)13-18-6-1-14(11-29)12-30-18/h1-8,12,19-20,32H,9-10,13H2. The molecule has 1 fully saturated rings. The number of pyridine rings is 1. The zero-order chi connectivity index (χ0) is 24.0. The van der Waals surface area contributed by atoms with Crippen molar-refractivity contribution >= 4 is 33.4 Å². The number of rotatable bonds is 5. The summed E-state index contributed by atoms with van der Waals surface area (Å²) in [6, 6.07) is 14.9. The first-order chi connectivity index (χ1) is 16.3. The van der Waals surface area contributed by atoms with Crippen LogP contribution in [0.3, 0.4) is 0 Å². The van der Waals surface area contributed by atoms with Crippen molar-refractivity contribution < 1.29 is 19.0 Å². The van der Waals surface area contributed by atoms with E-state index in [2.05, 4.69) is 20.9 Å². The molecule has 1 N–H and O–H groups in total. The monoisotopic (exact) mass is 541 g/mol. The smallest absolute Gasteiger partial charge is 0.257 e. The first kappa shape index (κ1) is 22.9. The van der Waals surface area contributed by atoms with Gasteiger partial charge in [0.15, 0.2) is 0 Å². The fourth-order valence-electron chi connectivity index (χ4n) is 4.48. The minimum Gasteiger partial charge on any atom is -0.393 e. The number of halogens is 3. The SMILES string of the molecule is N#Cc1ccc(CN2C(=O)c3cc(Br)cc(F)c3C2(OC2CC(O)C2)c2ccc(Cl)cc2)nc1. The molecule has 1 aromatic heterocycles. The van der Waals surface area contributed by atoms with E-state index in [9.17, 15) is 9.90 Å². The van der Waals surface area contributed by atoms with Gasteiger partial charge in [-0.1, -0.05) is 39.7 Å². The molecule has 2 heterocycles. The molecule has 0 bridgehead atoms. The maximum atomic E-state index is 15.6. The van der Waals surface area contributed by atoms with E-state index in [0.717, 1.165) is 0 Å². The van der Waals surface area contributed by atoms with Crippen LogP contribution in [0.15, 0.2) is 59.2 Å². The Bertz CT molecular complexity index is 1310. The van der Waals surface area contributed by atoms with Gasteiger partial charge in [-0.05, 0) is 49.2 Å². The van der Waals surface area contributed by atoms with Crippen LogP contribution in [0.1, 0.15) is 45.6 Å². The molecule has 1 saturated carbocycles. The maximum absolute atomic E-state index is 15.6. The summed E-state index contributed by atoms with van der Waals surface area (Å²) in [5.41, 5.74) is 0.115. The quantitative estimate of drug-likeness (QED) is 0.495. The summed E-state index contributed by atoms with van der Waals surface area (Å²) in [7, 11) is 0. The van der Waals surface area contributed by atoms with E-state index in [0.29, 0.717) is 39.2 Å². The van der Waals surface area contributed by atoms with Gasteiger partial charge in [0.25, 0.3) is 5.91 Å². The second-order valence-corrected chi connectivity index (χ2v) is 9.72. The molecule has 1 unspecified atom stereocenters. The number of nitrogens with zero attached hydrogens (tertiary/aromatic N) is 3. The lowest BCUT2D eigenvalue weighted by Gasteiger charge is -2.45. The van der Waals surface area contributed by atoms with Crippen LogP contribution in [0.4, 0.5) is 4.39 Å². The highest BCUT2D eigenvalue weighted by Crippen LogP contribution is 2.50. The van der Waals surface area contributed by atoms with Crippen molar-refractivity contribution in [2.75, 3.05) is 0 Å². The van der Waals surface area contributed by atoms with Gasteiger partial charge in [-0.3, -0.25) is 14.7 Å². The summed E-state index contributed by atoms with van der Waals surface area (Å²) >= 11 is 9.42. The number of aliphatic hydroxyl groups is 1. The van der Waals surface area contributed by atoms with Crippen LogP contribution in [-0.4, -0.2) is 33.1 Å². The molecule has 0 radical (unpaired) electrons. The van der Waals surface area contributed by atoms with E-state index in [1.807, 2.05) is 6.07 Å². The third-order valence-electron chi connectivity index (χ3n) is 6.17. The Morgan fingerprint density at radius 3 is 2.62 bits per heavy atom. The Hall–Kier alpha value is -2.83. The first-order valence-electron chi connectivity index (χ1n) is 10.6. The van der Waals surface area contributed by atoms with Crippen LogP contribution in [0.5, 0.6) is 0 Å². The van der Waals surface area contributed by atoms with Crippen molar-refractivity contribution in [1.82, 2.24) is 9.88 Å². The minimum atomic E-state index is -1.60. The van der Waals surface area contributed by atoms with Gasteiger partial charge >= 0.3 is 0 Å². The third kappa shape index (κ3) is 3.79. The lowest BCUT2D eigenvalue weighted by molar-refractivity contribution is -0.191. The molecular formula is C25H18BrClFN3O3. The largest absolute Gasteiger partial charge is 0.393 e. The average Bonchev–Trinajstić information content (AvgIpc) is 3.02.